The van der Waals surface area contributed by atoms with Crippen LogP contribution in [0.4, 0.5) is 0 Å². The lowest BCUT2D eigenvalue weighted by Crippen LogP contribution is -2.36. The molecule has 2 aliphatic rings. The number of halogens is 1. The molecule has 0 unspecified atom stereocenters. The topological polar surface area (TPSA) is 96.3 Å². The van der Waals surface area contributed by atoms with Gasteiger partial charge in [0.15, 0.2) is 11.5 Å². The van der Waals surface area contributed by atoms with Crippen LogP contribution in [0, 0.1) is 0 Å². The summed E-state index contributed by atoms with van der Waals surface area (Å²) in [4.78, 5) is 27.5. The van der Waals surface area contributed by atoms with E-state index in [0.717, 1.165) is 12.8 Å². The summed E-state index contributed by atoms with van der Waals surface area (Å²) in [7, 11) is 0. The summed E-state index contributed by atoms with van der Waals surface area (Å²) in [5, 5.41) is 21.7. The quantitative estimate of drug-likeness (QED) is 0.386. The van der Waals surface area contributed by atoms with Crippen molar-refractivity contribution in [2.24, 2.45) is 0 Å². The van der Waals surface area contributed by atoms with Crippen molar-refractivity contribution in [3.05, 3.63) is 64.2 Å². The Labute approximate surface area is 190 Å². The smallest absolute Gasteiger partial charge is 0.295 e. The van der Waals surface area contributed by atoms with Crippen LogP contribution >= 0.6 is 11.6 Å². The average Bonchev–Trinajstić information content (AvgIpc) is 3.38. The minimum absolute atomic E-state index is 0.0246. The Balaban J connectivity index is 1.84. The fourth-order valence-electron chi connectivity index (χ4n) is 4.16. The van der Waals surface area contributed by atoms with Crippen LogP contribution in [0.25, 0.3) is 5.76 Å². The van der Waals surface area contributed by atoms with E-state index >= 15 is 0 Å². The zero-order valence-corrected chi connectivity index (χ0v) is 18.3. The fraction of sp³-hybridized carbons (Fsp3) is 0.333. The zero-order chi connectivity index (χ0) is 22.8. The summed E-state index contributed by atoms with van der Waals surface area (Å²) in [6.07, 6.45) is 1.49. The maximum absolute atomic E-state index is 13.1. The summed E-state index contributed by atoms with van der Waals surface area (Å²) in [5.41, 5.74) is 0.890. The number of likely N-dealkylation sites (tertiary alicyclic amines) is 1. The first-order valence-corrected chi connectivity index (χ1v) is 10.9. The lowest BCUT2D eigenvalue weighted by atomic mass is 9.95. The number of amides is 1. The first kappa shape index (κ1) is 22.2. The molecule has 0 bridgehead atoms. The van der Waals surface area contributed by atoms with Crippen molar-refractivity contribution in [2.45, 2.75) is 31.9 Å². The predicted octanol–water partition coefficient (Wildman–Crippen LogP) is 4.05. The third-order valence-electron chi connectivity index (χ3n) is 5.68. The molecule has 2 fully saturated rings. The van der Waals surface area contributed by atoms with Gasteiger partial charge in [0, 0.05) is 23.7 Å². The highest BCUT2D eigenvalue weighted by molar-refractivity contribution is 6.46. The number of hydrogen-bond acceptors (Lipinski definition) is 6. The molecular weight excluding hydrogens is 434 g/mol. The largest absolute Gasteiger partial charge is 0.507 e. The monoisotopic (exact) mass is 457 g/mol. The Hall–Kier alpha value is -3.03. The van der Waals surface area contributed by atoms with Gasteiger partial charge in [-0.05, 0) is 61.7 Å². The molecule has 2 aliphatic heterocycles. The molecule has 8 heteroatoms. The molecule has 2 saturated heterocycles. The first-order chi connectivity index (χ1) is 15.4. The molecule has 0 aromatic heterocycles. The minimum atomic E-state index is -0.852. The lowest BCUT2D eigenvalue weighted by Gasteiger charge is -2.27. The van der Waals surface area contributed by atoms with Crippen LogP contribution in [-0.4, -0.2) is 52.7 Å². The van der Waals surface area contributed by atoms with Gasteiger partial charge in [-0.15, -0.1) is 0 Å². The molecule has 0 saturated carbocycles. The van der Waals surface area contributed by atoms with Crippen molar-refractivity contribution in [3.8, 4) is 11.5 Å². The number of ether oxygens (including phenoxy) is 2. The van der Waals surface area contributed by atoms with Crippen molar-refractivity contribution < 1.29 is 29.3 Å². The Bertz CT molecular complexity index is 1060. The van der Waals surface area contributed by atoms with E-state index in [1.54, 1.807) is 43.3 Å². The minimum Gasteiger partial charge on any atom is -0.507 e. The van der Waals surface area contributed by atoms with Crippen molar-refractivity contribution in [3.63, 3.8) is 0 Å². The van der Waals surface area contributed by atoms with Crippen LogP contribution in [0.3, 0.4) is 0 Å². The van der Waals surface area contributed by atoms with Crippen molar-refractivity contribution in [1.82, 2.24) is 4.90 Å². The summed E-state index contributed by atoms with van der Waals surface area (Å²) < 4.78 is 11.2. The summed E-state index contributed by atoms with van der Waals surface area (Å²) in [6, 6.07) is 10.2. The number of aliphatic hydroxyl groups excluding tert-OH is 1. The standard InChI is InChI=1S/C24H24ClNO6/c1-2-31-19-12-15(7-10-18(19)27)21-20(22(28)14-5-8-16(25)9-6-14)23(29)24(30)26(21)13-17-4-3-11-32-17/h5-10,12,17,21,27-28H,2-4,11,13H2,1H3/t17-,21+/m1/s1. The Kier molecular flexibility index (Phi) is 6.39. The number of nitrogens with zero attached hydrogens (tertiary/aromatic N) is 1. The van der Waals surface area contributed by atoms with E-state index in [-0.39, 0.29) is 35.5 Å². The molecule has 0 spiro atoms. The van der Waals surface area contributed by atoms with Crippen LogP contribution < -0.4 is 4.74 Å². The highest BCUT2D eigenvalue weighted by atomic mass is 35.5. The molecular formula is C24H24ClNO6. The maximum Gasteiger partial charge on any atom is 0.295 e. The normalized spacial score (nSPS) is 22.5. The number of hydrogen-bond donors (Lipinski definition) is 2. The molecule has 168 valence electrons. The third-order valence-corrected chi connectivity index (χ3v) is 5.93. The van der Waals surface area contributed by atoms with Gasteiger partial charge in [0.2, 0.25) is 0 Å². The maximum atomic E-state index is 13.1. The summed E-state index contributed by atoms with van der Waals surface area (Å²) in [5.74, 6) is -1.58. The number of carbonyl (C=O) groups excluding carboxylic acids is 2. The molecule has 2 heterocycles. The number of aliphatic hydroxyl groups is 1. The van der Waals surface area contributed by atoms with Gasteiger partial charge in [0.25, 0.3) is 11.7 Å². The van der Waals surface area contributed by atoms with Gasteiger partial charge in [-0.1, -0.05) is 17.7 Å². The molecule has 2 aromatic carbocycles. The van der Waals surface area contributed by atoms with Gasteiger partial charge in [0.05, 0.1) is 24.3 Å². The second-order valence-corrected chi connectivity index (χ2v) is 8.19. The summed E-state index contributed by atoms with van der Waals surface area (Å²) in [6.45, 7) is 2.95. The van der Waals surface area contributed by atoms with Crippen molar-refractivity contribution >= 4 is 29.1 Å². The molecule has 7 nitrogen and oxygen atoms in total. The average molecular weight is 458 g/mol. The number of rotatable bonds is 6. The highest BCUT2D eigenvalue weighted by Crippen LogP contribution is 2.42. The molecule has 32 heavy (non-hydrogen) atoms. The van der Waals surface area contributed by atoms with Gasteiger partial charge in [-0.3, -0.25) is 9.59 Å². The van der Waals surface area contributed by atoms with E-state index in [4.69, 9.17) is 21.1 Å². The summed E-state index contributed by atoms with van der Waals surface area (Å²) >= 11 is 5.95. The van der Waals surface area contributed by atoms with E-state index in [1.807, 2.05) is 0 Å². The first-order valence-electron chi connectivity index (χ1n) is 10.5. The van der Waals surface area contributed by atoms with E-state index in [0.29, 0.717) is 29.4 Å². The Morgan fingerprint density at radius 2 is 1.97 bits per heavy atom. The number of aromatic hydroxyl groups is 1. The number of Topliss-reactive ketones (excluding diaryl/α,β-unsaturated/α-hetero) is 1. The van der Waals surface area contributed by atoms with Gasteiger partial charge >= 0.3 is 0 Å². The van der Waals surface area contributed by atoms with Crippen LogP contribution in [0.5, 0.6) is 11.5 Å². The second-order valence-electron chi connectivity index (χ2n) is 7.75. The third kappa shape index (κ3) is 4.18. The van der Waals surface area contributed by atoms with E-state index in [2.05, 4.69) is 0 Å². The van der Waals surface area contributed by atoms with Gasteiger partial charge in [0.1, 0.15) is 5.76 Å². The second kappa shape index (κ2) is 9.22. The van der Waals surface area contributed by atoms with Crippen LogP contribution in [0.2, 0.25) is 5.02 Å². The molecule has 2 aromatic rings. The number of carbonyl (C=O) groups is 2. The van der Waals surface area contributed by atoms with E-state index in [1.165, 1.54) is 11.0 Å². The van der Waals surface area contributed by atoms with Crippen molar-refractivity contribution in [1.29, 1.82) is 0 Å². The van der Waals surface area contributed by atoms with Gasteiger partial charge in [-0.25, -0.2) is 0 Å². The molecule has 2 N–H and O–H groups in total. The van der Waals surface area contributed by atoms with E-state index < -0.39 is 17.7 Å². The number of phenols is 1. The predicted molar refractivity (Wildman–Crippen MR) is 119 cm³/mol. The number of benzene rings is 2. The zero-order valence-electron chi connectivity index (χ0n) is 17.6. The molecule has 0 aliphatic carbocycles. The van der Waals surface area contributed by atoms with Crippen LogP contribution in [0.15, 0.2) is 48.0 Å². The highest BCUT2D eigenvalue weighted by Gasteiger charge is 2.47. The van der Waals surface area contributed by atoms with Gasteiger partial charge in [-0.2, -0.15) is 0 Å². The van der Waals surface area contributed by atoms with Gasteiger partial charge < -0.3 is 24.6 Å². The SMILES string of the molecule is CCOc1cc([C@H]2C(=C(O)c3ccc(Cl)cc3)C(=O)C(=O)N2C[C@H]2CCCO2)ccc1O. The molecule has 0 radical (unpaired) electrons. The lowest BCUT2D eigenvalue weighted by molar-refractivity contribution is -0.140. The number of ketones is 1. The molecule has 4 rings (SSSR count). The van der Waals surface area contributed by atoms with E-state index in [9.17, 15) is 19.8 Å². The van der Waals surface area contributed by atoms with Crippen LogP contribution in [-0.2, 0) is 14.3 Å². The fourth-order valence-corrected chi connectivity index (χ4v) is 4.28. The molecule has 1 amide bonds. The molecule has 2 atom stereocenters. The van der Waals surface area contributed by atoms with Crippen LogP contribution in [0.1, 0.15) is 36.9 Å². The Morgan fingerprint density at radius 1 is 1.22 bits per heavy atom. The van der Waals surface area contributed by atoms with Crippen molar-refractivity contribution in [2.75, 3.05) is 19.8 Å². The number of phenolic OH excluding ortho intramolecular Hbond substituents is 1. The Morgan fingerprint density at radius 3 is 2.62 bits per heavy atom.